The molecule has 5 nitrogen and oxygen atoms in total. The zero-order chi connectivity index (χ0) is 15.4. The fourth-order valence-corrected chi connectivity index (χ4v) is 2.35. The van der Waals surface area contributed by atoms with Crippen LogP contribution in [0.4, 0.5) is 0 Å². The number of carboxylic acid groups (broad SMARTS) is 1. The summed E-state index contributed by atoms with van der Waals surface area (Å²) in [5.74, 6) is -0.322. The quantitative estimate of drug-likeness (QED) is 0.870. The molecule has 1 aliphatic rings. The van der Waals surface area contributed by atoms with E-state index in [0.717, 1.165) is 11.3 Å². The lowest BCUT2D eigenvalue weighted by atomic mass is 9.87. The summed E-state index contributed by atoms with van der Waals surface area (Å²) >= 11 is 0. The Labute approximate surface area is 124 Å². The van der Waals surface area contributed by atoms with Crippen molar-refractivity contribution in [2.24, 2.45) is 11.8 Å². The molecule has 2 rings (SSSR count). The van der Waals surface area contributed by atoms with Gasteiger partial charge in [-0.15, -0.1) is 0 Å². The molecule has 1 atom stereocenters. The van der Waals surface area contributed by atoms with Gasteiger partial charge in [0, 0.05) is 19.0 Å². The highest BCUT2D eigenvalue weighted by Gasteiger charge is 2.36. The summed E-state index contributed by atoms with van der Waals surface area (Å²) in [6.07, 6.45) is 0.322. The fraction of sp³-hybridized carbons (Fsp3) is 0.500. The number of aliphatic carboxylic acids is 1. The van der Waals surface area contributed by atoms with Gasteiger partial charge in [-0.3, -0.25) is 9.59 Å². The first-order chi connectivity index (χ1) is 9.97. The predicted octanol–water partition coefficient (Wildman–Crippen LogP) is 1.94. The number of amides is 1. The van der Waals surface area contributed by atoms with Crippen LogP contribution in [-0.2, 0) is 9.59 Å². The van der Waals surface area contributed by atoms with Crippen molar-refractivity contribution in [2.45, 2.75) is 20.3 Å². The van der Waals surface area contributed by atoms with Crippen molar-refractivity contribution >= 4 is 11.9 Å². The lowest BCUT2D eigenvalue weighted by Crippen LogP contribution is -2.53. The topological polar surface area (TPSA) is 66.8 Å². The monoisotopic (exact) mass is 291 g/mol. The summed E-state index contributed by atoms with van der Waals surface area (Å²) in [7, 11) is 0. The second kappa shape index (κ2) is 6.61. The highest BCUT2D eigenvalue weighted by Crippen LogP contribution is 2.24. The first-order valence-corrected chi connectivity index (χ1v) is 7.17. The van der Waals surface area contributed by atoms with E-state index in [-0.39, 0.29) is 11.8 Å². The van der Waals surface area contributed by atoms with E-state index in [1.165, 1.54) is 0 Å². The van der Waals surface area contributed by atoms with Crippen molar-refractivity contribution in [1.29, 1.82) is 0 Å². The van der Waals surface area contributed by atoms with Crippen LogP contribution >= 0.6 is 0 Å². The molecule has 0 spiro atoms. The highest BCUT2D eigenvalue weighted by molar-refractivity contribution is 5.78. The minimum Gasteiger partial charge on any atom is -0.493 e. The number of carbonyl (C=O) groups excluding carboxylic acids is 1. The van der Waals surface area contributed by atoms with Gasteiger partial charge >= 0.3 is 5.97 Å². The summed E-state index contributed by atoms with van der Waals surface area (Å²) in [6, 6.07) is 7.70. The second-order valence-corrected chi connectivity index (χ2v) is 5.60. The molecule has 1 unspecified atom stereocenters. The molecule has 0 aliphatic carbocycles. The van der Waals surface area contributed by atoms with Crippen LogP contribution in [0, 0.1) is 18.8 Å². The molecule has 21 heavy (non-hydrogen) atoms. The number of benzene rings is 1. The molecule has 0 saturated carbocycles. The lowest BCUT2D eigenvalue weighted by molar-refractivity contribution is -0.150. The smallest absolute Gasteiger partial charge is 0.306 e. The number of likely N-dealkylation sites (tertiary alicyclic amines) is 1. The third kappa shape index (κ3) is 3.97. The molecule has 1 amide bonds. The lowest BCUT2D eigenvalue weighted by Gasteiger charge is -2.41. The third-order valence-corrected chi connectivity index (χ3v) is 3.93. The normalized spacial score (nSPS) is 16.2. The first-order valence-electron chi connectivity index (χ1n) is 7.17. The van der Waals surface area contributed by atoms with Gasteiger partial charge in [0.15, 0.2) is 0 Å². The molecule has 5 heteroatoms. The summed E-state index contributed by atoms with van der Waals surface area (Å²) in [5.41, 5.74) is 1.12. The first kappa shape index (κ1) is 15.4. The van der Waals surface area contributed by atoms with Crippen molar-refractivity contribution in [3.05, 3.63) is 29.8 Å². The fourth-order valence-electron chi connectivity index (χ4n) is 2.35. The van der Waals surface area contributed by atoms with Crippen molar-refractivity contribution in [1.82, 2.24) is 4.90 Å². The van der Waals surface area contributed by atoms with Crippen LogP contribution in [0.3, 0.4) is 0 Å². The average Bonchev–Trinajstić information content (AvgIpc) is 2.36. The van der Waals surface area contributed by atoms with Gasteiger partial charge in [-0.25, -0.2) is 0 Å². The number of rotatable bonds is 6. The number of hydrogen-bond acceptors (Lipinski definition) is 3. The highest BCUT2D eigenvalue weighted by atomic mass is 16.5. The molecule has 1 saturated heterocycles. The third-order valence-electron chi connectivity index (χ3n) is 3.93. The molecular formula is C16H21NO4. The molecule has 0 radical (unpaired) electrons. The van der Waals surface area contributed by atoms with Gasteiger partial charge < -0.3 is 14.7 Å². The van der Waals surface area contributed by atoms with E-state index >= 15 is 0 Å². The van der Waals surface area contributed by atoms with E-state index in [1.54, 1.807) is 11.8 Å². The van der Waals surface area contributed by atoms with Gasteiger partial charge in [0.25, 0.3) is 0 Å². The Bertz CT molecular complexity index is 523. The van der Waals surface area contributed by atoms with Gasteiger partial charge in [0.05, 0.1) is 18.9 Å². The Morgan fingerprint density at radius 3 is 2.76 bits per heavy atom. The Hall–Kier alpha value is -2.04. The van der Waals surface area contributed by atoms with E-state index in [4.69, 9.17) is 9.84 Å². The molecule has 1 N–H and O–H groups in total. The molecule has 1 fully saturated rings. The number of carbonyl (C=O) groups is 2. The average molecular weight is 291 g/mol. The molecule has 1 heterocycles. The van der Waals surface area contributed by atoms with E-state index in [0.29, 0.717) is 26.1 Å². The maximum atomic E-state index is 11.9. The molecule has 0 aromatic heterocycles. The molecular weight excluding hydrogens is 270 g/mol. The predicted molar refractivity (Wildman–Crippen MR) is 78.2 cm³/mol. The number of carboxylic acids is 1. The van der Waals surface area contributed by atoms with Gasteiger partial charge in [-0.1, -0.05) is 19.1 Å². The maximum absolute atomic E-state index is 11.9. The van der Waals surface area contributed by atoms with Gasteiger partial charge in [0.1, 0.15) is 5.75 Å². The standard InChI is InChI=1S/C16H21NO4/c1-11-4-3-5-14(8-11)21-7-6-15(18)17-9-13(10-17)12(2)16(19)20/h3-5,8,12-13H,6-7,9-10H2,1-2H3,(H,19,20). The van der Waals surface area contributed by atoms with Crippen LogP contribution in [-0.4, -0.2) is 41.6 Å². The van der Waals surface area contributed by atoms with Gasteiger partial charge in [0.2, 0.25) is 5.91 Å². The molecule has 1 aromatic rings. The van der Waals surface area contributed by atoms with Crippen molar-refractivity contribution in [3.63, 3.8) is 0 Å². The molecule has 114 valence electrons. The Kier molecular flexibility index (Phi) is 4.83. The molecule has 1 aromatic carbocycles. The number of hydrogen-bond donors (Lipinski definition) is 1. The largest absolute Gasteiger partial charge is 0.493 e. The van der Waals surface area contributed by atoms with Crippen LogP contribution in [0.25, 0.3) is 0 Å². The Morgan fingerprint density at radius 1 is 1.43 bits per heavy atom. The summed E-state index contributed by atoms with van der Waals surface area (Å²) < 4.78 is 5.55. The number of aryl methyl sites for hydroxylation is 1. The summed E-state index contributed by atoms with van der Waals surface area (Å²) in [5, 5.41) is 8.91. The zero-order valence-corrected chi connectivity index (χ0v) is 12.4. The Morgan fingerprint density at radius 2 is 2.14 bits per heavy atom. The van der Waals surface area contributed by atoms with E-state index in [2.05, 4.69) is 0 Å². The summed E-state index contributed by atoms with van der Waals surface area (Å²) in [6.45, 7) is 5.10. The van der Waals surface area contributed by atoms with Crippen LogP contribution in [0.1, 0.15) is 18.9 Å². The Balaban J connectivity index is 1.69. The van der Waals surface area contributed by atoms with Crippen LogP contribution < -0.4 is 4.74 Å². The number of ether oxygens (including phenoxy) is 1. The molecule has 0 bridgehead atoms. The minimum absolute atomic E-state index is 0.0245. The number of nitrogens with zero attached hydrogens (tertiary/aromatic N) is 1. The zero-order valence-electron chi connectivity index (χ0n) is 12.4. The van der Waals surface area contributed by atoms with E-state index in [1.807, 2.05) is 31.2 Å². The van der Waals surface area contributed by atoms with Crippen molar-refractivity contribution < 1.29 is 19.4 Å². The van der Waals surface area contributed by atoms with E-state index < -0.39 is 11.9 Å². The van der Waals surface area contributed by atoms with Crippen molar-refractivity contribution in [2.75, 3.05) is 19.7 Å². The maximum Gasteiger partial charge on any atom is 0.306 e. The van der Waals surface area contributed by atoms with Crippen LogP contribution in [0.2, 0.25) is 0 Å². The van der Waals surface area contributed by atoms with Gasteiger partial charge in [-0.05, 0) is 24.6 Å². The summed E-state index contributed by atoms with van der Waals surface area (Å²) in [4.78, 5) is 24.5. The second-order valence-electron chi connectivity index (χ2n) is 5.60. The molecule has 1 aliphatic heterocycles. The van der Waals surface area contributed by atoms with Crippen LogP contribution in [0.5, 0.6) is 5.75 Å². The van der Waals surface area contributed by atoms with E-state index in [9.17, 15) is 9.59 Å². The van der Waals surface area contributed by atoms with Crippen molar-refractivity contribution in [3.8, 4) is 5.75 Å². The SMILES string of the molecule is Cc1cccc(OCCC(=O)N2CC(C(C)C(=O)O)C2)c1. The van der Waals surface area contributed by atoms with Crippen LogP contribution in [0.15, 0.2) is 24.3 Å². The minimum atomic E-state index is -0.796. The van der Waals surface area contributed by atoms with Gasteiger partial charge in [-0.2, -0.15) is 0 Å².